The minimum atomic E-state index is 0.929. The van der Waals surface area contributed by atoms with Crippen molar-refractivity contribution in [2.24, 2.45) is 0 Å². The molecule has 0 aromatic heterocycles. The van der Waals surface area contributed by atoms with Gasteiger partial charge in [-0.1, -0.05) is 17.7 Å². The highest BCUT2D eigenvalue weighted by molar-refractivity contribution is 5.49. The fourth-order valence-electron chi connectivity index (χ4n) is 0.826. The Labute approximate surface area is 66.7 Å². The van der Waals surface area contributed by atoms with Crippen molar-refractivity contribution in [3.63, 3.8) is 0 Å². The van der Waals surface area contributed by atoms with Crippen LogP contribution in [0.15, 0.2) is 24.3 Å². The lowest BCUT2D eigenvalue weighted by Crippen LogP contribution is -2.07. The van der Waals surface area contributed by atoms with Gasteiger partial charge in [-0.05, 0) is 19.1 Å². The molecule has 0 aliphatic rings. The number of anilines is 1. The highest BCUT2D eigenvalue weighted by Crippen LogP contribution is 2.11. The summed E-state index contributed by atoms with van der Waals surface area (Å²) in [6, 6.07) is 7.84. The van der Waals surface area contributed by atoms with Gasteiger partial charge >= 0.3 is 0 Å². The van der Waals surface area contributed by atoms with Crippen LogP contribution in [0.4, 0.5) is 5.69 Å². The summed E-state index contributed by atoms with van der Waals surface area (Å²) in [5.74, 6) is 0. The minimum Gasteiger partial charge on any atom is -0.283 e. The summed E-state index contributed by atoms with van der Waals surface area (Å²) < 4.78 is 0. The first-order valence-electron chi connectivity index (χ1n) is 3.44. The van der Waals surface area contributed by atoms with Gasteiger partial charge in [-0.15, -0.1) is 0 Å². The molecule has 0 aliphatic carbocycles. The van der Waals surface area contributed by atoms with E-state index in [-0.39, 0.29) is 0 Å². The number of benzene rings is 1. The normalized spacial score (nSPS) is 8.82. The Kier molecular flexibility index (Phi) is 2.12. The monoisotopic (exact) mass is 146 g/mol. The van der Waals surface area contributed by atoms with Crippen LogP contribution in [0.2, 0.25) is 0 Å². The molecular formula is C9H10N2. The summed E-state index contributed by atoms with van der Waals surface area (Å²) in [7, 11) is 1.74. The summed E-state index contributed by atoms with van der Waals surface area (Å²) in [6.45, 7) is 2.02. The third-order valence-electron chi connectivity index (χ3n) is 1.57. The second-order valence-electron chi connectivity index (χ2n) is 2.49. The molecule has 0 heterocycles. The molecule has 1 aromatic rings. The van der Waals surface area contributed by atoms with Gasteiger partial charge in [-0.25, -0.2) is 0 Å². The van der Waals surface area contributed by atoms with Crippen LogP contribution in [0.25, 0.3) is 0 Å². The van der Waals surface area contributed by atoms with Crippen molar-refractivity contribution >= 4 is 5.69 Å². The molecule has 0 amide bonds. The Hall–Kier alpha value is -1.49. The zero-order chi connectivity index (χ0) is 8.27. The molecular weight excluding hydrogens is 136 g/mol. The highest BCUT2D eigenvalue weighted by Gasteiger charge is 1.95. The molecule has 1 aromatic carbocycles. The number of nitrogens with zero attached hydrogens (tertiary/aromatic N) is 2. The maximum Gasteiger partial charge on any atom is 0.183 e. The Balaban J connectivity index is 2.92. The van der Waals surface area contributed by atoms with E-state index in [0.717, 1.165) is 5.69 Å². The molecule has 0 radical (unpaired) electrons. The molecule has 0 unspecified atom stereocenters. The Morgan fingerprint density at radius 3 is 2.27 bits per heavy atom. The van der Waals surface area contributed by atoms with Gasteiger partial charge in [0.15, 0.2) is 6.19 Å². The SMILES string of the molecule is Cc1ccc(N(C)C#N)cc1. The third-order valence-corrected chi connectivity index (χ3v) is 1.57. The molecule has 2 nitrogen and oxygen atoms in total. The summed E-state index contributed by atoms with van der Waals surface area (Å²) in [6.07, 6.45) is 2.03. The fourth-order valence-corrected chi connectivity index (χ4v) is 0.826. The molecule has 0 saturated heterocycles. The lowest BCUT2D eigenvalue weighted by atomic mass is 10.2. The summed E-state index contributed by atoms with van der Waals surface area (Å²) >= 11 is 0. The number of hydrogen-bond acceptors (Lipinski definition) is 2. The molecule has 0 spiro atoms. The van der Waals surface area contributed by atoms with E-state index in [0.29, 0.717) is 0 Å². The van der Waals surface area contributed by atoms with Crippen LogP contribution in [0.1, 0.15) is 5.56 Å². The first kappa shape index (κ1) is 7.62. The van der Waals surface area contributed by atoms with Crippen molar-refractivity contribution in [3.8, 4) is 6.19 Å². The van der Waals surface area contributed by atoms with Crippen LogP contribution >= 0.6 is 0 Å². The van der Waals surface area contributed by atoms with E-state index >= 15 is 0 Å². The van der Waals surface area contributed by atoms with Crippen LogP contribution in [0.5, 0.6) is 0 Å². The predicted molar refractivity (Wildman–Crippen MR) is 45.2 cm³/mol. The first-order chi connectivity index (χ1) is 5.24. The zero-order valence-electron chi connectivity index (χ0n) is 6.70. The van der Waals surface area contributed by atoms with Crippen molar-refractivity contribution in [3.05, 3.63) is 29.8 Å². The first-order valence-corrected chi connectivity index (χ1v) is 3.44. The molecule has 0 fully saturated rings. The van der Waals surface area contributed by atoms with E-state index in [1.54, 1.807) is 7.05 Å². The highest BCUT2D eigenvalue weighted by atomic mass is 15.1. The van der Waals surface area contributed by atoms with Gasteiger partial charge in [0, 0.05) is 7.05 Å². The topological polar surface area (TPSA) is 27.0 Å². The second-order valence-corrected chi connectivity index (χ2v) is 2.49. The average Bonchev–Trinajstić information content (AvgIpc) is 2.05. The second kappa shape index (κ2) is 3.07. The van der Waals surface area contributed by atoms with Crippen LogP contribution in [-0.2, 0) is 0 Å². The summed E-state index contributed by atoms with van der Waals surface area (Å²) in [4.78, 5) is 1.53. The van der Waals surface area contributed by atoms with Gasteiger partial charge in [0.05, 0.1) is 5.69 Å². The van der Waals surface area contributed by atoms with Crippen LogP contribution in [0, 0.1) is 18.4 Å². The van der Waals surface area contributed by atoms with Crippen molar-refractivity contribution in [1.29, 1.82) is 5.26 Å². The molecule has 11 heavy (non-hydrogen) atoms. The van der Waals surface area contributed by atoms with Crippen molar-refractivity contribution < 1.29 is 0 Å². The molecule has 0 saturated carbocycles. The third kappa shape index (κ3) is 1.71. The number of rotatable bonds is 1. The molecule has 56 valence electrons. The summed E-state index contributed by atoms with van der Waals surface area (Å²) in [5.41, 5.74) is 2.14. The Morgan fingerprint density at radius 1 is 1.27 bits per heavy atom. The van der Waals surface area contributed by atoms with E-state index < -0.39 is 0 Å². The molecule has 0 N–H and O–H groups in total. The van der Waals surface area contributed by atoms with Crippen molar-refractivity contribution in [1.82, 2.24) is 0 Å². The fraction of sp³-hybridized carbons (Fsp3) is 0.222. The minimum absolute atomic E-state index is 0.929. The van der Waals surface area contributed by atoms with Gasteiger partial charge in [0.1, 0.15) is 0 Å². The van der Waals surface area contributed by atoms with Gasteiger partial charge in [0.25, 0.3) is 0 Å². The maximum absolute atomic E-state index is 8.53. The van der Waals surface area contributed by atoms with Gasteiger partial charge in [-0.3, -0.25) is 4.90 Å². The molecule has 0 aliphatic heterocycles. The van der Waals surface area contributed by atoms with E-state index in [2.05, 4.69) is 0 Å². The van der Waals surface area contributed by atoms with Crippen LogP contribution < -0.4 is 4.90 Å². The molecule has 1 rings (SSSR count). The Bertz CT molecular complexity index is 269. The molecule has 0 atom stereocenters. The number of aryl methyl sites for hydroxylation is 1. The van der Waals surface area contributed by atoms with E-state index in [9.17, 15) is 0 Å². The number of hydrogen-bond donors (Lipinski definition) is 0. The van der Waals surface area contributed by atoms with Gasteiger partial charge < -0.3 is 0 Å². The maximum atomic E-state index is 8.53. The molecule has 2 heteroatoms. The van der Waals surface area contributed by atoms with Crippen LogP contribution in [-0.4, -0.2) is 7.05 Å². The number of nitriles is 1. The lowest BCUT2D eigenvalue weighted by Gasteiger charge is -2.07. The zero-order valence-corrected chi connectivity index (χ0v) is 6.70. The van der Waals surface area contributed by atoms with Gasteiger partial charge in [-0.2, -0.15) is 5.26 Å². The molecule has 0 bridgehead atoms. The van der Waals surface area contributed by atoms with Crippen molar-refractivity contribution in [2.45, 2.75) is 6.92 Å². The smallest absolute Gasteiger partial charge is 0.183 e. The Morgan fingerprint density at radius 2 is 1.82 bits per heavy atom. The van der Waals surface area contributed by atoms with Crippen molar-refractivity contribution in [2.75, 3.05) is 11.9 Å². The van der Waals surface area contributed by atoms with E-state index in [1.165, 1.54) is 10.5 Å². The van der Waals surface area contributed by atoms with Crippen LogP contribution in [0.3, 0.4) is 0 Å². The average molecular weight is 146 g/mol. The van der Waals surface area contributed by atoms with Gasteiger partial charge in [0.2, 0.25) is 0 Å². The predicted octanol–water partition coefficient (Wildman–Crippen LogP) is 1.91. The largest absolute Gasteiger partial charge is 0.283 e. The van der Waals surface area contributed by atoms with E-state index in [1.807, 2.05) is 37.4 Å². The standard InChI is InChI=1S/C9H10N2/c1-8-3-5-9(6-4-8)11(2)7-10/h3-6H,1-2H3. The van der Waals surface area contributed by atoms with E-state index in [4.69, 9.17) is 5.26 Å². The summed E-state index contributed by atoms with van der Waals surface area (Å²) in [5, 5.41) is 8.53. The lowest BCUT2D eigenvalue weighted by molar-refractivity contribution is 1.20. The quantitative estimate of drug-likeness (QED) is 0.447.